The highest BCUT2D eigenvalue weighted by atomic mass is 79.9. The molecule has 1 heterocycles. The highest BCUT2D eigenvalue weighted by molar-refractivity contribution is 6.30. The van der Waals surface area contributed by atoms with Crippen LogP contribution in [0.2, 0.25) is 5.02 Å². The summed E-state index contributed by atoms with van der Waals surface area (Å²) < 4.78 is 1.91. The molecule has 3 nitrogen and oxygen atoms in total. The average Bonchev–Trinajstić information content (AvgIpc) is 2.83. The molecule has 0 amide bonds. The van der Waals surface area contributed by atoms with Gasteiger partial charge in [-0.3, -0.25) is 4.79 Å². The van der Waals surface area contributed by atoms with Crippen LogP contribution in [0.3, 0.4) is 0 Å². The van der Waals surface area contributed by atoms with Gasteiger partial charge in [-0.1, -0.05) is 23.7 Å². The zero-order valence-corrected chi connectivity index (χ0v) is 12.9. The van der Waals surface area contributed by atoms with Crippen molar-refractivity contribution in [1.29, 1.82) is 0 Å². The number of hydrogen-bond acceptors (Lipinski definition) is 1. The summed E-state index contributed by atoms with van der Waals surface area (Å²) in [5, 5.41) is 0.635. The lowest BCUT2D eigenvalue weighted by atomic mass is 10.1. The second-order valence-corrected chi connectivity index (χ2v) is 4.78. The quantitative estimate of drug-likeness (QED) is 0.523. The molecule has 3 aromatic rings. The first-order valence-electron chi connectivity index (χ1n) is 5.98. The van der Waals surface area contributed by atoms with Crippen molar-refractivity contribution in [2.45, 2.75) is 6.54 Å². The minimum absolute atomic E-state index is 0. The van der Waals surface area contributed by atoms with Gasteiger partial charge in [-0.05, 0) is 36.4 Å². The normalized spacial score (nSPS) is 10.2. The van der Waals surface area contributed by atoms with Crippen LogP contribution in [0.25, 0.3) is 11.0 Å². The number of carbonyl (C=O) groups is 1. The van der Waals surface area contributed by atoms with Crippen molar-refractivity contribution < 1.29 is 26.3 Å². The molecule has 0 bridgehead atoms. The second-order valence-electron chi connectivity index (χ2n) is 4.35. The summed E-state index contributed by atoms with van der Waals surface area (Å²) in [4.78, 5) is 15.3. The van der Waals surface area contributed by atoms with Crippen molar-refractivity contribution in [3.63, 3.8) is 0 Å². The van der Waals surface area contributed by atoms with E-state index in [1.54, 1.807) is 24.3 Å². The maximum Gasteiger partial charge on any atom is 0.242 e. The summed E-state index contributed by atoms with van der Waals surface area (Å²) in [6.45, 7) is 0.311. The molecule has 2 aromatic carbocycles. The van der Waals surface area contributed by atoms with Crippen LogP contribution in [-0.2, 0) is 6.54 Å². The van der Waals surface area contributed by atoms with Crippen molar-refractivity contribution in [1.82, 2.24) is 4.98 Å². The molecule has 0 aliphatic rings. The summed E-state index contributed by atoms with van der Waals surface area (Å²) in [6.07, 6.45) is 1.82. The van der Waals surface area contributed by atoms with Crippen LogP contribution in [-0.4, -0.2) is 10.8 Å². The SMILES string of the molecule is O=C(C[n+]1c[nH]c2ccccc21)c1ccc(Cl)cc1.[Br-]. The first-order chi connectivity index (χ1) is 9.24. The number of benzene rings is 2. The summed E-state index contributed by atoms with van der Waals surface area (Å²) in [6, 6.07) is 14.9. The number of hydrogen-bond donors (Lipinski definition) is 1. The Morgan fingerprint density at radius 3 is 2.55 bits per heavy atom. The third-order valence-electron chi connectivity index (χ3n) is 3.07. The van der Waals surface area contributed by atoms with E-state index in [-0.39, 0.29) is 22.8 Å². The molecular weight excluding hydrogens is 340 g/mol. The standard InChI is InChI=1S/C15H11ClN2O.BrH/c16-12-7-5-11(6-8-12)15(19)9-18-10-17-13-3-1-2-4-14(13)18;/h1-8,10H,9H2;1H. The van der Waals surface area contributed by atoms with Crippen LogP contribution in [0.1, 0.15) is 10.4 Å². The lowest BCUT2D eigenvalue weighted by molar-refractivity contribution is -0.656. The highest BCUT2D eigenvalue weighted by Gasteiger charge is 2.14. The summed E-state index contributed by atoms with van der Waals surface area (Å²) in [5.74, 6) is 0.0615. The van der Waals surface area contributed by atoms with E-state index in [1.165, 1.54) is 0 Å². The lowest BCUT2D eigenvalue weighted by Gasteiger charge is -1.99. The molecule has 0 saturated heterocycles. The molecule has 0 saturated carbocycles. The summed E-state index contributed by atoms with van der Waals surface area (Å²) in [7, 11) is 0. The number of para-hydroxylation sites is 2. The zero-order chi connectivity index (χ0) is 13.2. The summed E-state index contributed by atoms with van der Waals surface area (Å²) in [5.41, 5.74) is 2.71. The number of carbonyl (C=O) groups excluding carboxylic acids is 1. The van der Waals surface area contributed by atoms with Crippen LogP contribution < -0.4 is 21.5 Å². The monoisotopic (exact) mass is 350 g/mol. The van der Waals surface area contributed by atoms with Gasteiger partial charge < -0.3 is 17.0 Å². The fourth-order valence-electron chi connectivity index (χ4n) is 2.08. The topological polar surface area (TPSA) is 36.7 Å². The fraction of sp³-hybridized carbons (Fsp3) is 0.0667. The van der Waals surface area contributed by atoms with Crippen molar-refractivity contribution >= 4 is 28.4 Å². The van der Waals surface area contributed by atoms with Crippen LogP contribution >= 0.6 is 11.6 Å². The van der Waals surface area contributed by atoms with E-state index >= 15 is 0 Å². The van der Waals surface area contributed by atoms with E-state index in [4.69, 9.17) is 11.6 Å². The molecule has 0 radical (unpaired) electrons. The Bertz CT molecular complexity index is 737. The molecule has 5 heteroatoms. The number of aromatic amines is 1. The number of rotatable bonds is 3. The Morgan fingerprint density at radius 1 is 1.10 bits per heavy atom. The van der Waals surface area contributed by atoms with Gasteiger partial charge in [0.15, 0.2) is 17.6 Å². The molecule has 1 aromatic heterocycles. The van der Waals surface area contributed by atoms with Gasteiger partial charge in [-0.2, -0.15) is 0 Å². The van der Waals surface area contributed by atoms with Gasteiger partial charge in [-0.15, -0.1) is 0 Å². The van der Waals surface area contributed by atoms with Crippen molar-refractivity contribution in [2.75, 3.05) is 0 Å². The molecule has 20 heavy (non-hydrogen) atoms. The molecule has 1 N–H and O–H groups in total. The molecule has 0 atom stereocenters. The van der Waals surface area contributed by atoms with Gasteiger partial charge in [-0.25, -0.2) is 9.55 Å². The van der Waals surface area contributed by atoms with E-state index in [9.17, 15) is 4.79 Å². The molecule has 0 spiro atoms. The lowest BCUT2D eigenvalue weighted by Crippen LogP contribution is -3.00. The maximum atomic E-state index is 12.2. The Kier molecular flexibility index (Phi) is 4.57. The number of ketones is 1. The van der Waals surface area contributed by atoms with Crippen LogP contribution in [0.4, 0.5) is 0 Å². The van der Waals surface area contributed by atoms with Gasteiger partial charge >= 0.3 is 0 Å². The number of H-pyrrole nitrogens is 1. The minimum Gasteiger partial charge on any atom is -1.00 e. The molecule has 0 fully saturated rings. The van der Waals surface area contributed by atoms with E-state index in [0.29, 0.717) is 17.1 Å². The molecule has 0 unspecified atom stereocenters. The van der Waals surface area contributed by atoms with Crippen LogP contribution in [0.15, 0.2) is 54.9 Å². The number of nitrogens with zero attached hydrogens (tertiary/aromatic N) is 1. The van der Waals surface area contributed by atoms with Gasteiger partial charge in [0.2, 0.25) is 12.1 Å². The molecule has 0 aliphatic heterocycles. The van der Waals surface area contributed by atoms with Gasteiger partial charge in [0.25, 0.3) is 0 Å². The van der Waals surface area contributed by atoms with E-state index in [0.717, 1.165) is 11.0 Å². The van der Waals surface area contributed by atoms with E-state index < -0.39 is 0 Å². The van der Waals surface area contributed by atoms with Gasteiger partial charge in [0.1, 0.15) is 0 Å². The van der Waals surface area contributed by atoms with Crippen LogP contribution in [0.5, 0.6) is 0 Å². The Hall–Kier alpha value is -1.65. The Labute approximate surface area is 132 Å². The smallest absolute Gasteiger partial charge is 0.242 e. The number of nitrogens with one attached hydrogen (secondary N) is 1. The zero-order valence-electron chi connectivity index (χ0n) is 10.5. The average molecular weight is 352 g/mol. The number of aromatic nitrogens is 2. The van der Waals surface area contributed by atoms with Crippen molar-refractivity contribution in [2.24, 2.45) is 0 Å². The third kappa shape index (κ3) is 2.92. The van der Waals surface area contributed by atoms with Gasteiger partial charge in [0, 0.05) is 10.6 Å². The largest absolute Gasteiger partial charge is 1.00 e. The highest BCUT2D eigenvalue weighted by Crippen LogP contribution is 2.11. The minimum atomic E-state index is 0. The Morgan fingerprint density at radius 2 is 1.80 bits per heavy atom. The van der Waals surface area contributed by atoms with Crippen molar-refractivity contribution in [3.05, 3.63) is 65.4 Å². The predicted octanol–water partition coefficient (Wildman–Crippen LogP) is -0.00430. The first kappa shape index (κ1) is 14.8. The number of fused-ring (bicyclic) bond motifs is 1. The number of Topliss-reactive ketones (excluding diaryl/α,β-unsaturated/α-hetero) is 1. The number of imidazole rings is 1. The van der Waals surface area contributed by atoms with E-state index in [2.05, 4.69) is 4.98 Å². The van der Waals surface area contributed by atoms with Crippen LogP contribution in [0, 0.1) is 0 Å². The summed E-state index contributed by atoms with van der Waals surface area (Å²) >= 11 is 5.82. The Balaban J connectivity index is 0.00000147. The molecular formula is C15H12BrClN2O. The maximum absolute atomic E-state index is 12.2. The van der Waals surface area contributed by atoms with Crippen molar-refractivity contribution in [3.8, 4) is 0 Å². The third-order valence-corrected chi connectivity index (χ3v) is 3.32. The second kappa shape index (κ2) is 6.20. The number of halogens is 2. The molecule has 0 aliphatic carbocycles. The fourth-order valence-corrected chi connectivity index (χ4v) is 2.20. The first-order valence-corrected chi connectivity index (χ1v) is 6.36. The molecule has 3 rings (SSSR count). The molecule has 102 valence electrons. The predicted molar refractivity (Wildman–Crippen MR) is 74.3 cm³/mol. The van der Waals surface area contributed by atoms with Gasteiger partial charge in [0.05, 0.1) is 0 Å². The van der Waals surface area contributed by atoms with E-state index in [1.807, 2.05) is 35.2 Å².